The molecule has 1 aliphatic rings. The van der Waals surface area contributed by atoms with E-state index in [4.69, 9.17) is 17.3 Å². The number of hydrogen-bond donors (Lipinski definition) is 1. The van der Waals surface area contributed by atoms with Crippen molar-refractivity contribution in [3.63, 3.8) is 0 Å². The zero-order valence-corrected chi connectivity index (χ0v) is 13.6. The van der Waals surface area contributed by atoms with Gasteiger partial charge in [0, 0.05) is 24.2 Å². The normalized spacial score (nSPS) is 30.7. The third-order valence-corrected chi connectivity index (χ3v) is 4.83. The van der Waals surface area contributed by atoms with Gasteiger partial charge >= 0.3 is 0 Å². The molecular formula is C17H27ClN2. The Hall–Kier alpha value is -0.570. The van der Waals surface area contributed by atoms with Gasteiger partial charge in [-0.05, 0) is 55.3 Å². The second-order valence-electron chi connectivity index (χ2n) is 6.71. The second kappa shape index (κ2) is 6.93. The monoisotopic (exact) mass is 294 g/mol. The third kappa shape index (κ3) is 4.21. The van der Waals surface area contributed by atoms with Crippen LogP contribution in [0.1, 0.15) is 32.3 Å². The Kier molecular flexibility index (Phi) is 5.48. The largest absolute Gasteiger partial charge is 0.327 e. The van der Waals surface area contributed by atoms with Gasteiger partial charge in [-0.3, -0.25) is 0 Å². The molecule has 2 nitrogen and oxygen atoms in total. The lowest BCUT2D eigenvalue weighted by Crippen LogP contribution is -2.45. The molecule has 112 valence electrons. The molecule has 3 heteroatoms. The van der Waals surface area contributed by atoms with Gasteiger partial charge in [0.25, 0.3) is 0 Å². The van der Waals surface area contributed by atoms with Gasteiger partial charge in [0.15, 0.2) is 0 Å². The molecule has 0 aliphatic heterocycles. The number of nitrogens with two attached hydrogens (primary N) is 1. The SMILES string of the molecule is CC1CC(C)C(CN(C)Cc2cccc(Cl)c2)C(N)C1. The second-order valence-corrected chi connectivity index (χ2v) is 7.14. The molecule has 0 bridgehead atoms. The van der Waals surface area contributed by atoms with E-state index in [2.05, 4.69) is 31.9 Å². The van der Waals surface area contributed by atoms with E-state index >= 15 is 0 Å². The molecule has 1 aromatic carbocycles. The first kappa shape index (κ1) is 15.8. The van der Waals surface area contributed by atoms with E-state index in [0.29, 0.717) is 12.0 Å². The number of benzene rings is 1. The highest BCUT2D eigenvalue weighted by molar-refractivity contribution is 6.30. The van der Waals surface area contributed by atoms with Crippen molar-refractivity contribution in [3.05, 3.63) is 34.9 Å². The Morgan fingerprint density at radius 2 is 2.05 bits per heavy atom. The van der Waals surface area contributed by atoms with Crippen LogP contribution in [0.4, 0.5) is 0 Å². The van der Waals surface area contributed by atoms with Crippen molar-refractivity contribution >= 4 is 11.6 Å². The zero-order chi connectivity index (χ0) is 14.7. The fourth-order valence-electron chi connectivity index (χ4n) is 3.65. The van der Waals surface area contributed by atoms with Crippen LogP contribution in [-0.4, -0.2) is 24.5 Å². The molecular weight excluding hydrogens is 268 g/mol. The van der Waals surface area contributed by atoms with Gasteiger partial charge in [0.2, 0.25) is 0 Å². The molecule has 0 spiro atoms. The molecule has 0 radical (unpaired) electrons. The summed E-state index contributed by atoms with van der Waals surface area (Å²) in [5.74, 6) is 2.10. The standard InChI is InChI=1S/C17H27ClN2/c1-12-7-13(2)16(17(19)8-12)11-20(3)10-14-5-4-6-15(18)9-14/h4-6,9,12-13,16-17H,7-8,10-11,19H2,1-3H3. The van der Waals surface area contributed by atoms with Crippen molar-refractivity contribution in [2.45, 2.75) is 39.3 Å². The molecule has 1 aromatic rings. The van der Waals surface area contributed by atoms with Crippen molar-refractivity contribution in [2.24, 2.45) is 23.5 Å². The lowest BCUT2D eigenvalue weighted by molar-refractivity contribution is 0.127. The Bertz CT molecular complexity index is 423. The molecule has 1 fully saturated rings. The van der Waals surface area contributed by atoms with Gasteiger partial charge in [0.05, 0.1) is 0 Å². The van der Waals surface area contributed by atoms with E-state index in [1.54, 1.807) is 0 Å². The molecule has 0 aromatic heterocycles. The zero-order valence-electron chi connectivity index (χ0n) is 12.8. The van der Waals surface area contributed by atoms with E-state index in [-0.39, 0.29) is 0 Å². The minimum Gasteiger partial charge on any atom is -0.327 e. The number of hydrogen-bond acceptors (Lipinski definition) is 2. The van der Waals surface area contributed by atoms with Crippen LogP contribution in [0.2, 0.25) is 5.02 Å². The Labute approximate surface area is 128 Å². The van der Waals surface area contributed by atoms with E-state index in [0.717, 1.165) is 29.9 Å². The lowest BCUT2D eigenvalue weighted by Gasteiger charge is -2.39. The van der Waals surface area contributed by atoms with E-state index in [1.807, 2.05) is 18.2 Å². The van der Waals surface area contributed by atoms with Gasteiger partial charge in [0.1, 0.15) is 0 Å². The van der Waals surface area contributed by atoms with Crippen molar-refractivity contribution < 1.29 is 0 Å². The summed E-state index contributed by atoms with van der Waals surface area (Å²) in [6.07, 6.45) is 2.48. The summed E-state index contributed by atoms with van der Waals surface area (Å²) in [5, 5.41) is 0.812. The molecule has 4 unspecified atom stereocenters. The van der Waals surface area contributed by atoms with Crippen LogP contribution < -0.4 is 5.73 Å². The highest BCUT2D eigenvalue weighted by Crippen LogP contribution is 2.33. The lowest BCUT2D eigenvalue weighted by atomic mass is 9.72. The van der Waals surface area contributed by atoms with Gasteiger partial charge in [-0.15, -0.1) is 0 Å². The van der Waals surface area contributed by atoms with Gasteiger partial charge < -0.3 is 10.6 Å². The van der Waals surface area contributed by atoms with E-state index in [1.165, 1.54) is 18.4 Å². The molecule has 0 amide bonds. The Morgan fingerprint density at radius 3 is 2.70 bits per heavy atom. The van der Waals surface area contributed by atoms with Crippen LogP contribution >= 0.6 is 11.6 Å². The maximum Gasteiger partial charge on any atom is 0.0409 e. The summed E-state index contributed by atoms with van der Waals surface area (Å²) < 4.78 is 0. The minimum absolute atomic E-state index is 0.343. The molecule has 1 saturated carbocycles. The molecule has 0 saturated heterocycles. The maximum absolute atomic E-state index is 6.38. The maximum atomic E-state index is 6.38. The summed E-state index contributed by atoms with van der Waals surface area (Å²) in [5.41, 5.74) is 7.65. The van der Waals surface area contributed by atoms with Crippen LogP contribution in [0.25, 0.3) is 0 Å². The topological polar surface area (TPSA) is 29.3 Å². The molecule has 2 N–H and O–H groups in total. The number of halogens is 1. The van der Waals surface area contributed by atoms with Crippen LogP contribution in [0.3, 0.4) is 0 Å². The average Bonchev–Trinajstić information content (AvgIpc) is 2.33. The smallest absolute Gasteiger partial charge is 0.0409 e. The van der Waals surface area contributed by atoms with Gasteiger partial charge in [-0.2, -0.15) is 0 Å². The van der Waals surface area contributed by atoms with Crippen LogP contribution in [0.5, 0.6) is 0 Å². The summed E-state index contributed by atoms with van der Waals surface area (Å²) in [6.45, 7) is 6.68. The fraction of sp³-hybridized carbons (Fsp3) is 0.647. The minimum atomic E-state index is 0.343. The molecule has 20 heavy (non-hydrogen) atoms. The Morgan fingerprint density at radius 1 is 1.30 bits per heavy atom. The Balaban J connectivity index is 1.92. The predicted molar refractivity (Wildman–Crippen MR) is 86.8 cm³/mol. The van der Waals surface area contributed by atoms with Gasteiger partial charge in [-0.1, -0.05) is 37.6 Å². The summed E-state index contributed by atoms with van der Waals surface area (Å²) in [6, 6.07) is 8.46. The third-order valence-electron chi connectivity index (χ3n) is 4.59. The summed E-state index contributed by atoms with van der Waals surface area (Å²) >= 11 is 6.04. The van der Waals surface area contributed by atoms with Crippen molar-refractivity contribution in [2.75, 3.05) is 13.6 Å². The molecule has 2 rings (SSSR count). The van der Waals surface area contributed by atoms with Crippen LogP contribution in [-0.2, 0) is 6.54 Å². The van der Waals surface area contributed by atoms with Crippen LogP contribution in [0.15, 0.2) is 24.3 Å². The van der Waals surface area contributed by atoms with E-state index < -0.39 is 0 Å². The number of nitrogens with zero attached hydrogens (tertiary/aromatic N) is 1. The van der Waals surface area contributed by atoms with Crippen molar-refractivity contribution in [1.82, 2.24) is 4.90 Å². The highest BCUT2D eigenvalue weighted by Gasteiger charge is 2.32. The summed E-state index contributed by atoms with van der Waals surface area (Å²) in [4.78, 5) is 2.38. The molecule has 4 atom stereocenters. The first-order valence-electron chi connectivity index (χ1n) is 7.64. The molecule has 0 heterocycles. The van der Waals surface area contributed by atoms with Crippen LogP contribution in [0, 0.1) is 17.8 Å². The summed E-state index contributed by atoms with van der Waals surface area (Å²) in [7, 11) is 2.18. The first-order chi connectivity index (χ1) is 9.45. The highest BCUT2D eigenvalue weighted by atomic mass is 35.5. The molecule has 1 aliphatic carbocycles. The van der Waals surface area contributed by atoms with Crippen molar-refractivity contribution in [3.8, 4) is 0 Å². The van der Waals surface area contributed by atoms with Crippen molar-refractivity contribution in [1.29, 1.82) is 0 Å². The predicted octanol–water partition coefficient (Wildman–Crippen LogP) is 3.78. The fourth-order valence-corrected chi connectivity index (χ4v) is 3.87. The average molecular weight is 295 g/mol. The quantitative estimate of drug-likeness (QED) is 0.915. The first-order valence-corrected chi connectivity index (χ1v) is 8.02. The number of rotatable bonds is 4. The van der Waals surface area contributed by atoms with E-state index in [9.17, 15) is 0 Å². The van der Waals surface area contributed by atoms with Gasteiger partial charge in [-0.25, -0.2) is 0 Å².